The van der Waals surface area contributed by atoms with Crippen LogP contribution >= 0.6 is 0 Å². The Labute approximate surface area is 130 Å². The van der Waals surface area contributed by atoms with Crippen molar-refractivity contribution in [3.8, 4) is 0 Å². The summed E-state index contributed by atoms with van der Waals surface area (Å²) in [6.07, 6.45) is 5.21. The van der Waals surface area contributed by atoms with Crippen molar-refractivity contribution in [1.29, 1.82) is 0 Å². The van der Waals surface area contributed by atoms with Crippen molar-refractivity contribution < 1.29 is 9.53 Å². The Morgan fingerprint density at radius 2 is 1.86 bits per heavy atom. The van der Waals surface area contributed by atoms with Gasteiger partial charge >= 0.3 is 6.09 Å². The Morgan fingerprint density at radius 3 is 2.38 bits per heavy atom. The molecule has 0 heterocycles. The Hall–Kier alpha value is -0.770. The summed E-state index contributed by atoms with van der Waals surface area (Å²) < 4.78 is 5.41. The number of amides is 1. The molecule has 4 heteroatoms. The highest BCUT2D eigenvalue weighted by molar-refractivity contribution is 5.68. The molecule has 0 atom stereocenters. The van der Waals surface area contributed by atoms with Crippen LogP contribution in [0.3, 0.4) is 0 Å². The molecule has 0 spiro atoms. The fraction of sp³-hybridized carbons (Fsp3) is 0.941. The van der Waals surface area contributed by atoms with E-state index in [4.69, 9.17) is 4.74 Å². The second-order valence-corrected chi connectivity index (χ2v) is 7.39. The highest BCUT2D eigenvalue weighted by Crippen LogP contribution is 2.27. The van der Waals surface area contributed by atoms with E-state index in [0.29, 0.717) is 13.1 Å². The number of hydrogen-bond donors (Lipinski definition) is 1. The summed E-state index contributed by atoms with van der Waals surface area (Å²) in [7, 11) is 0. The molecule has 1 aliphatic rings. The van der Waals surface area contributed by atoms with Crippen molar-refractivity contribution >= 4 is 6.09 Å². The Morgan fingerprint density at radius 1 is 1.24 bits per heavy atom. The minimum atomic E-state index is -0.420. The molecule has 1 N–H and O–H groups in total. The van der Waals surface area contributed by atoms with Crippen LogP contribution < -0.4 is 5.32 Å². The number of nitrogens with zero attached hydrogens (tertiary/aromatic N) is 1. The molecule has 21 heavy (non-hydrogen) atoms. The van der Waals surface area contributed by atoms with E-state index < -0.39 is 5.60 Å². The van der Waals surface area contributed by atoms with Gasteiger partial charge < -0.3 is 15.0 Å². The zero-order valence-corrected chi connectivity index (χ0v) is 14.6. The summed E-state index contributed by atoms with van der Waals surface area (Å²) in [5.74, 6) is 1.72. The maximum Gasteiger partial charge on any atom is 0.410 e. The number of likely N-dealkylation sites (N-methyl/N-ethyl adjacent to an activating group) is 1. The highest BCUT2D eigenvalue weighted by Gasteiger charge is 2.21. The van der Waals surface area contributed by atoms with Crippen LogP contribution in [0.15, 0.2) is 0 Å². The van der Waals surface area contributed by atoms with Crippen molar-refractivity contribution in [1.82, 2.24) is 10.2 Å². The summed E-state index contributed by atoms with van der Waals surface area (Å²) in [4.78, 5) is 13.8. The predicted octanol–water partition coefficient (Wildman–Crippen LogP) is 3.66. The molecule has 0 aromatic heterocycles. The average Bonchev–Trinajstić information content (AvgIpc) is 2.38. The van der Waals surface area contributed by atoms with E-state index in [0.717, 1.165) is 24.9 Å². The summed E-state index contributed by atoms with van der Waals surface area (Å²) in [5, 5.41) is 3.50. The van der Waals surface area contributed by atoms with Gasteiger partial charge in [-0.3, -0.25) is 0 Å². The maximum absolute atomic E-state index is 12.0. The van der Waals surface area contributed by atoms with Gasteiger partial charge in [0.25, 0.3) is 0 Å². The van der Waals surface area contributed by atoms with E-state index in [1.54, 1.807) is 4.90 Å². The third-order valence-electron chi connectivity index (χ3n) is 4.16. The fourth-order valence-electron chi connectivity index (χ4n) is 2.76. The number of ether oxygens (including phenoxy) is 1. The second kappa shape index (κ2) is 8.62. The Balaban J connectivity index is 2.18. The largest absolute Gasteiger partial charge is 0.444 e. The van der Waals surface area contributed by atoms with Gasteiger partial charge in [0.1, 0.15) is 5.60 Å². The van der Waals surface area contributed by atoms with Crippen molar-refractivity contribution in [3.05, 3.63) is 0 Å². The van der Waals surface area contributed by atoms with Gasteiger partial charge in [-0.1, -0.05) is 19.8 Å². The van der Waals surface area contributed by atoms with E-state index in [9.17, 15) is 4.79 Å². The van der Waals surface area contributed by atoms with Crippen LogP contribution in [0.4, 0.5) is 4.79 Å². The van der Waals surface area contributed by atoms with Gasteiger partial charge in [0.2, 0.25) is 0 Å². The summed E-state index contributed by atoms with van der Waals surface area (Å²) in [6, 6.07) is 0. The first-order valence-electron chi connectivity index (χ1n) is 8.50. The van der Waals surface area contributed by atoms with Gasteiger partial charge in [-0.25, -0.2) is 4.79 Å². The molecule has 1 fully saturated rings. The molecule has 0 saturated heterocycles. The molecule has 4 nitrogen and oxygen atoms in total. The first-order chi connectivity index (χ1) is 9.81. The normalized spacial score (nSPS) is 22.9. The third-order valence-corrected chi connectivity index (χ3v) is 4.16. The lowest BCUT2D eigenvalue weighted by Gasteiger charge is -2.28. The molecular weight excluding hydrogens is 264 g/mol. The Kier molecular flexibility index (Phi) is 7.50. The third kappa shape index (κ3) is 7.70. The van der Waals surface area contributed by atoms with Gasteiger partial charge in [0, 0.05) is 19.6 Å². The van der Waals surface area contributed by atoms with Crippen LogP contribution in [0, 0.1) is 11.8 Å². The molecule has 0 unspecified atom stereocenters. The number of carbonyl (C=O) groups is 1. The zero-order valence-electron chi connectivity index (χ0n) is 14.6. The van der Waals surface area contributed by atoms with Gasteiger partial charge in [-0.15, -0.1) is 0 Å². The number of nitrogens with one attached hydrogen (secondary N) is 1. The zero-order chi connectivity index (χ0) is 15.9. The maximum atomic E-state index is 12.0. The molecule has 1 saturated carbocycles. The van der Waals surface area contributed by atoms with Crippen LogP contribution in [-0.4, -0.2) is 42.8 Å². The molecule has 0 aromatic carbocycles. The standard InChI is InChI=1S/C17H34N2O2/c1-6-19(16(20)21-17(3,4)5)12-11-18-13-15-9-7-14(2)8-10-15/h14-15,18H,6-13H2,1-5H3. The first-order valence-corrected chi connectivity index (χ1v) is 8.50. The van der Waals surface area contributed by atoms with Gasteiger partial charge in [-0.05, 0) is 58.9 Å². The molecule has 1 amide bonds. The topological polar surface area (TPSA) is 41.6 Å². The smallest absolute Gasteiger partial charge is 0.410 e. The second-order valence-electron chi connectivity index (χ2n) is 7.39. The lowest BCUT2D eigenvalue weighted by Crippen LogP contribution is -2.41. The molecule has 0 bridgehead atoms. The van der Waals surface area contributed by atoms with Crippen molar-refractivity contribution in [2.45, 2.75) is 65.9 Å². The number of hydrogen-bond acceptors (Lipinski definition) is 3. The predicted molar refractivity (Wildman–Crippen MR) is 87.5 cm³/mol. The molecule has 1 rings (SSSR count). The summed E-state index contributed by atoms with van der Waals surface area (Å²) >= 11 is 0. The van der Waals surface area contributed by atoms with Crippen LogP contribution in [-0.2, 0) is 4.74 Å². The lowest BCUT2D eigenvalue weighted by atomic mass is 9.83. The van der Waals surface area contributed by atoms with E-state index in [-0.39, 0.29) is 6.09 Å². The van der Waals surface area contributed by atoms with Crippen LogP contribution in [0.25, 0.3) is 0 Å². The minimum absolute atomic E-state index is 0.210. The van der Waals surface area contributed by atoms with E-state index in [1.807, 2.05) is 27.7 Å². The van der Waals surface area contributed by atoms with Crippen molar-refractivity contribution in [2.24, 2.45) is 11.8 Å². The SMILES string of the molecule is CCN(CCNCC1CCC(C)CC1)C(=O)OC(C)(C)C. The Bertz CT molecular complexity index is 304. The first kappa shape index (κ1) is 18.3. The number of carbonyl (C=O) groups excluding carboxylic acids is 1. The quantitative estimate of drug-likeness (QED) is 0.761. The monoisotopic (exact) mass is 298 g/mol. The molecule has 0 radical (unpaired) electrons. The summed E-state index contributed by atoms with van der Waals surface area (Å²) in [6.45, 7) is 13.4. The van der Waals surface area contributed by atoms with Gasteiger partial charge in [0.05, 0.1) is 0 Å². The molecule has 124 valence electrons. The van der Waals surface area contributed by atoms with Gasteiger partial charge in [-0.2, -0.15) is 0 Å². The molecule has 0 aromatic rings. The fourth-order valence-corrected chi connectivity index (χ4v) is 2.76. The van der Waals surface area contributed by atoms with Crippen molar-refractivity contribution in [2.75, 3.05) is 26.2 Å². The van der Waals surface area contributed by atoms with Crippen LogP contribution in [0.1, 0.15) is 60.3 Å². The van der Waals surface area contributed by atoms with Crippen molar-refractivity contribution in [3.63, 3.8) is 0 Å². The minimum Gasteiger partial charge on any atom is -0.444 e. The lowest BCUT2D eigenvalue weighted by molar-refractivity contribution is 0.0261. The molecular formula is C17H34N2O2. The van der Waals surface area contributed by atoms with E-state index in [2.05, 4.69) is 12.2 Å². The van der Waals surface area contributed by atoms with Crippen LogP contribution in [0.5, 0.6) is 0 Å². The molecule has 0 aliphatic heterocycles. The van der Waals surface area contributed by atoms with E-state index in [1.165, 1.54) is 25.7 Å². The average molecular weight is 298 g/mol. The summed E-state index contributed by atoms with van der Waals surface area (Å²) in [5.41, 5.74) is -0.420. The van der Waals surface area contributed by atoms with Gasteiger partial charge in [0.15, 0.2) is 0 Å². The van der Waals surface area contributed by atoms with E-state index >= 15 is 0 Å². The number of rotatable bonds is 6. The highest BCUT2D eigenvalue weighted by atomic mass is 16.6. The van der Waals surface area contributed by atoms with Crippen LogP contribution in [0.2, 0.25) is 0 Å². The molecule has 1 aliphatic carbocycles.